The van der Waals surface area contributed by atoms with Crippen molar-refractivity contribution in [3.63, 3.8) is 0 Å². The zero-order chi connectivity index (χ0) is 9.97. The van der Waals surface area contributed by atoms with Gasteiger partial charge in [-0.2, -0.15) is 0 Å². The fraction of sp³-hybridized carbons (Fsp3) is 0.909. The molecule has 2 rings (SSSR count). The number of nitrogens with zero attached hydrogens (tertiary/aromatic N) is 2. The summed E-state index contributed by atoms with van der Waals surface area (Å²) in [6.45, 7) is 7.65. The summed E-state index contributed by atoms with van der Waals surface area (Å²) in [6, 6.07) is 0.903. The van der Waals surface area contributed by atoms with Crippen molar-refractivity contribution < 1.29 is 4.79 Å². The van der Waals surface area contributed by atoms with Crippen LogP contribution in [-0.2, 0) is 4.79 Å². The number of rotatable bonds is 4. The number of hydrogen-bond acceptors (Lipinski definition) is 3. The minimum Gasteiger partial charge on any atom is -0.303 e. The van der Waals surface area contributed by atoms with Crippen molar-refractivity contribution in [2.24, 2.45) is 5.92 Å². The van der Waals surface area contributed by atoms with Crippen molar-refractivity contribution >= 4 is 6.29 Å². The smallest absolute Gasteiger partial charge is 0.124 e. The lowest BCUT2D eigenvalue weighted by molar-refractivity contribution is -0.111. The highest BCUT2D eigenvalue weighted by atomic mass is 16.1. The van der Waals surface area contributed by atoms with E-state index in [4.69, 9.17) is 0 Å². The van der Waals surface area contributed by atoms with Gasteiger partial charge in [0.1, 0.15) is 6.29 Å². The Hall–Kier alpha value is -0.410. The Labute approximate surface area is 86.1 Å². The minimum absolute atomic E-state index is 0.197. The average Bonchev–Trinajstić information content (AvgIpc) is 3.02. The molecule has 2 aliphatic rings. The SMILES string of the molecule is CC(C=O)CN1CCN(C2CC2)CC1. The molecular weight excluding hydrogens is 176 g/mol. The van der Waals surface area contributed by atoms with Crippen LogP contribution in [0.15, 0.2) is 0 Å². The molecule has 1 aliphatic carbocycles. The van der Waals surface area contributed by atoms with Gasteiger partial charge >= 0.3 is 0 Å². The van der Waals surface area contributed by atoms with Gasteiger partial charge in [-0.1, -0.05) is 6.92 Å². The Balaban J connectivity index is 1.69. The number of hydrogen-bond donors (Lipinski definition) is 0. The van der Waals surface area contributed by atoms with Crippen molar-refractivity contribution in [2.75, 3.05) is 32.7 Å². The van der Waals surface area contributed by atoms with Gasteiger partial charge in [-0.05, 0) is 12.8 Å². The quantitative estimate of drug-likeness (QED) is 0.615. The molecular formula is C11H20N2O. The Bertz CT molecular complexity index is 195. The van der Waals surface area contributed by atoms with Crippen LogP contribution in [0.5, 0.6) is 0 Å². The summed E-state index contributed by atoms with van der Waals surface area (Å²) in [7, 11) is 0. The Morgan fingerprint density at radius 1 is 1.29 bits per heavy atom. The molecule has 1 aliphatic heterocycles. The van der Waals surface area contributed by atoms with Crippen LogP contribution in [0.1, 0.15) is 19.8 Å². The summed E-state index contributed by atoms with van der Waals surface area (Å²) < 4.78 is 0. The monoisotopic (exact) mass is 196 g/mol. The van der Waals surface area contributed by atoms with Gasteiger partial charge in [-0.3, -0.25) is 4.90 Å². The molecule has 0 aromatic carbocycles. The summed E-state index contributed by atoms with van der Waals surface area (Å²) >= 11 is 0. The van der Waals surface area contributed by atoms with Crippen molar-refractivity contribution in [2.45, 2.75) is 25.8 Å². The van der Waals surface area contributed by atoms with Gasteiger partial charge in [-0.25, -0.2) is 0 Å². The molecule has 2 fully saturated rings. The molecule has 1 unspecified atom stereocenters. The van der Waals surface area contributed by atoms with Gasteiger partial charge in [-0.15, -0.1) is 0 Å². The maximum Gasteiger partial charge on any atom is 0.124 e. The second-order valence-corrected chi connectivity index (χ2v) is 4.68. The molecule has 0 aromatic rings. The zero-order valence-corrected chi connectivity index (χ0v) is 8.98. The molecule has 0 amide bonds. The molecule has 1 heterocycles. The van der Waals surface area contributed by atoms with Gasteiger partial charge in [0, 0.05) is 44.7 Å². The first-order valence-electron chi connectivity index (χ1n) is 5.71. The molecule has 0 aromatic heterocycles. The maximum atomic E-state index is 10.5. The largest absolute Gasteiger partial charge is 0.303 e. The number of carbonyl (C=O) groups excluding carboxylic acids is 1. The molecule has 1 saturated carbocycles. The van der Waals surface area contributed by atoms with Crippen LogP contribution in [0.4, 0.5) is 0 Å². The van der Waals surface area contributed by atoms with Gasteiger partial charge in [0.2, 0.25) is 0 Å². The van der Waals surface area contributed by atoms with Crippen molar-refractivity contribution in [1.82, 2.24) is 9.80 Å². The molecule has 3 nitrogen and oxygen atoms in total. The Kier molecular flexibility index (Phi) is 3.19. The Morgan fingerprint density at radius 2 is 1.93 bits per heavy atom. The summed E-state index contributed by atoms with van der Waals surface area (Å²) in [4.78, 5) is 15.5. The normalized spacial score (nSPS) is 27.5. The molecule has 1 saturated heterocycles. The fourth-order valence-electron chi connectivity index (χ4n) is 2.20. The topological polar surface area (TPSA) is 23.6 Å². The maximum absolute atomic E-state index is 10.5. The first kappa shape index (κ1) is 10.1. The van der Waals surface area contributed by atoms with E-state index in [1.54, 1.807) is 0 Å². The van der Waals surface area contributed by atoms with Crippen molar-refractivity contribution in [1.29, 1.82) is 0 Å². The summed E-state index contributed by atoms with van der Waals surface area (Å²) in [5.41, 5.74) is 0. The highest BCUT2D eigenvalue weighted by Gasteiger charge is 2.31. The molecule has 1 atom stereocenters. The second-order valence-electron chi connectivity index (χ2n) is 4.68. The van der Waals surface area contributed by atoms with Crippen LogP contribution in [0.3, 0.4) is 0 Å². The first-order valence-corrected chi connectivity index (χ1v) is 5.71. The third-order valence-electron chi connectivity index (χ3n) is 3.25. The van der Waals surface area contributed by atoms with Crippen LogP contribution in [0, 0.1) is 5.92 Å². The third kappa shape index (κ3) is 2.55. The third-order valence-corrected chi connectivity index (χ3v) is 3.25. The first-order chi connectivity index (χ1) is 6.79. The van der Waals surface area contributed by atoms with E-state index in [0.29, 0.717) is 0 Å². The Morgan fingerprint density at radius 3 is 2.43 bits per heavy atom. The lowest BCUT2D eigenvalue weighted by Gasteiger charge is -2.35. The van der Waals surface area contributed by atoms with E-state index >= 15 is 0 Å². The zero-order valence-electron chi connectivity index (χ0n) is 8.98. The lowest BCUT2D eigenvalue weighted by Crippen LogP contribution is -2.48. The van der Waals surface area contributed by atoms with Gasteiger partial charge in [0.05, 0.1) is 0 Å². The van der Waals surface area contributed by atoms with Crippen molar-refractivity contribution in [3.05, 3.63) is 0 Å². The van der Waals surface area contributed by atoms with E-state index in [1.165, 1.54) is 25.9 Å². The minimum atomic E-state index is 0.197. The van der Waals surface area contributed by atoms with Gasteiger partial charge in [0.15, 0.2) is 0 Å². The van der Waals surface area contributed by atoms with E-state index in [1.807, 2.05) is 6.92 Å². The highest BCUT2D eigenvalue weighted by Crippen LogP contribution is 2.27. The summed E-state index contributed by atoms with van der Waals surface area (Å²) in [6.07, 6.45) is 3.88. The molecule has 3 heteroatoms. The van der Waals surface area contributed by atoms with Crippen LogP contribution in [0.2, 0.25) is 0 Å². The molecule has 0 spiro atoms. The van der Waals surface area contributed by atoms with Crippen molar-refractivity contribution in [3.8, 4) is 0 Å². The van der Waals surface area contributed by atoms with E-state index in [0.717, 1.165) is 32.0 Å². The average molecular weight is 196 g/mol. The lowest BCUT2D eigenvalue weighted by atomic mass is 10.2. The molecule has 0 bridgehead atoms. The molecule has 0 radical (unpaired) electrons. The number of piperazine rings is 1. The molecule has 0 N–H and O–H groups in total. The van der Waals surface area contributed by atoms with E-state index in [2.05, 4.69) is 9.80 Å². The highest BCUT2D eigenvalue weighted by molar-refractivity contribution is 5.53. The second kappa shape index (κ2) is 4.41. The van der Waals surface area contributed by atoms with Crippen LogP contribution in [-0.4, -0.2) is 54.9 Å². The van der Waals surface area contributed by atoms with Crippen LogP contribution < -0.4 is 0 Å². The molecule has 80 valence electrons. The van der Waals surface area contributed by atoms with Gasteiger partial charge in [0.25, 0.3) is 0 Å². The van der Waals surface area contributed by atoms with Crippen LogP contribution in [0.25, 0.3) is 0 Å². The fourth-order valence-corrected chi connectivity index (χ4v) is 2.20. The number of aldehydes is 1. The van der Waals surface area contributed by atoms with E-state index in [-0.39, 0.29) is 5.92 Å². The van der Waals surface area contributed by atoms with E-state index < -0.39 is 0 Å². The predicted molar refractivity (Wildman–Crippen MR) is 56.3 cm³/mol. The molecule has 14 heavy (non-hydrogen) atoms. The summed E-state index contributed by atoms with van der Waals surface area (Å²) in [5.74, 6) is 0.197. The standard InChI is InChI=1S/C11H20N2O/c1-10(9-14)8-12-4-6-13(7-5-12)11-2-3-11/h9-11H,2-8H2,1H3. The van der Waals surface area contributed by atoms with Gasteiger partial charge < -0.3 is 9.69 Å². The summed E-state index contributed by atoms with van der Waals surface area (Å²) in [5, 5.41) is 0. The predicted octanol–water partition coefficient (Wildman–Crippen LogP) is 0.601. The number of carbonyl (C=O) groups is 1. The van der Waals surface area contributed by atoms with Crippen LogP contribution >= 0.6 is 0 Å². The van der Waals surface area contributed by atoms with E-state index in [9.17, 15) is 4.79 Å².